The van der Waals surface area contributed by atoms with Crippen molar-refractivity contribution in [2.45, 2.75) is 32.8 Å². The number of hydrogen-bond donors (Lipinski definition) is 1. The molecule has 1 fully saturated rings. The van der Waals surface area contributed by atoms with E-state index in [1.165, 1.54) is 16.8 Å². The van der Waals surface area contributed by atoms with Crippen molar-refractivity contribution >= 4 is 17.3 Å². The highest BCUT2D eigenvalue weighted by molar-refractivity contribution is 6.30. The van der Waals surface area contributed by atoms with Crippen molar-refractivity contribution in [2.24, 2.45) is 0 Å². The zero-order valence-corrected chi connectivity index (χ0v) is 17.8. The fraction of sp³-hybridized carbons (Fsp3) is 0.478. The Bertz CT molecular complexity index is 773. The van der Waals surface area contributed by atoms with Crippen LogP contribution in [0, 0.1) is 6.92 Å². The molecule has 0 radical (unpaired) electrons. The predicted molar refractivity (Wildman–Crippen MR) is 117 cm³/mol. The summed E-state index contributed by atoms with van der Waals surface area (Å²) in [5, 5.41) is 11.2. The molecule has 0 spiro atoms. The Labute approximate surface area is 173 Å². The monoisotopic (exact) mass is 402 g/mol. The van der Waals surface area contributed by atoms with Gasteiger partial charge in [-0.15, -0.1) is 0 Å². The summed E-state index contributed by atoms with van der Waals surface area (Å²) in [5.74, 6) is 1.27. The molecule has 0 aliphatic carbocycles. The molecular formula is C23H31ClN2O2. The Morgan fingerprint density at radius 3 is 2.50 bits per heavy atom. The first-order valence-corrected chi connectivity index (χ1v) is 10.4. The van der Waals surface area contributed by atoms with Gasteiger partial charge in [0.15, 0.2) is 0 Å². The number of aliphatic hydroxyl groups is 1. The number of aryl methyl sites for hydroxylation is 1. The van der Waals surface area contributed by atoms with Gasteiger partial charge in [-0.3, -0.25) is 4.90 Å². The molecule has 152 valence electrons. The third kappa shape index (κ3) is 5.40. The zero-order valence-electron chi connectivity index (χ0n) is 17.1. The maximum atomic E-state index is 10.5. The molecule has 5 heteroatoms. The third-order valence-electron chi connectivity index (χ3n) is 5.33. The molecule has 1 aliphatic rings. The molecular weight excluding hydrogens is 372 g/mol. The SMILES string of the molecule is Cc1ccc(Cl)cc1N1CCN(C[C@H](O)COc2ccccc2C(C)C)CC1. The van der Waals surface area contributed by atoms with E-state index in [-0.39, 0.29) is 0 Å². The molecule has 1 aliphatic heterocycles. The van der Waals surface area contributed by atoms with Crippen LogP contribution in [-0.2, 0) is 0 Å². The summed E-state index contributed by atoms with van der Waals surface area (Å²) in [6.45, 7) is 11.1. The van der Waals surface area contributed by atoms with Gasteiger partial charge in [0.2, 0.25) is 0 Å². The summed E-state index contributed by atoms with van der Waals surface area (Å²) in [6, 6.07) is 14.1. The molecule has 2 aromatic carbocycles. The van der Waals surface area contributed by atoms with Crippen molar-refractivity contribution in [3.63, 3.8) is 0 Å². The summed E-state index contributed by atoms with van der Waals surface area (Å²) >= 11 is 6.17. The highest BCUT2D eigenvalue weighted by atomic mass is 35.5. The molecule has 3 rings (SSSR count). The predicted octanol–water partition coefficient (Wildman–Crippen LogP) is 4.33. The van der Waals surface area contributed by atoms with E-state index in [1.807, 2.05) is 30.3 Å². The van der Waals surface area contributed by atoms with Crippen molar-refractivity contribution in [3.8, 4) is 5.75 Å². The minimum absolute atomic E-state index is 0.317. The van der Waals surface area contributed by atoms with Crippen LogP contribution in [0.15, 0.2) is 42.5 Å². The van der Waals surface area contributed by atoms with Crippen molar-refractivity contribution in [1.29, 1.82) is 0 Å². The molecule has 0 aromatic heterocycles. The average Bonchev–Trinajstić information content (AvgIpc) is 2.69. The van der Waals surface area contributed by atoms with Gasteiger partial charge in [-0.25, -0.2) is 0 Å². The van der Waals surface area contributed by atoms with Gasteiger partial charge in [-0.1, -0.05) is 49.7 Å². The summed E-state index contributed by atoms with van der Waals surface area (Å²) in [4.78, 5) is 4.68. The third-order valence-corrected chi connectivity index (χ3v) is 5.56. The van der Waals surface area contributed by atoms with Crippen molar-refractivity contribution < 1.29 is 9.84 Å². The molecule has 0 amide bonds. The molecule has 4 nitrogen and oxygen atoms in total. The van der Waals surface area contributed by atoms with E-state index in [0.29, 0.717) is 19.1 Å². The quantitative estimate of drug-likeness (QED) is 0.747. The van der Waals surface area contributed by atoms with Gasteiger partial charge in [0.05, 0.1) is 0 Å². The lowest BCUT2D eigenvalue weighted by Crippen LogP contribution is -2.49. The number of para-hydroxylation sites is 1. The minimum Gasteiger partial charge on any atom is -0.491 e. The van der Waals surface area contributed by atoms with Crippen LogP contribution >= 0.6 is 11.6 Å². The second-order valence-electron chi connectivity index (χ2n) is 7.88. The van der Waals surface area contributed by atoms with Crippen molar-refractivity contribution in [1.82, 2.24) is 4.90 Å². The highest BCUT2D eigenvalue weighted by Gasteiger charge is 2.21. The highest BCUT2D eigenvalue weighted by Crippen LogP contribution is 2.27. The minimum atomic E-state index is -0.500. The first-order chi connectivity index (χ1) is 13.4. The van der Waals surface area contributed by atoms with Crippen LogP contribution in [0.5, 0.6) is 5.75 Å². The van der Waals surface area contributed by atoms with Gasteiger partial charge in [-0.05, 0) is 42.2 Å². The van der Waals surface area contributed by atoms with Gasteiger partial charge in [0.25, 0.3) is 0 Å². The van der Waals surface area contributed by atoms with Crippen LogP contribution in [-0.4, -0.2) is 55.4 Å². The van der Waals surface area contributed by atoms with Gasteiger partial charge in [0.1, 0.15) is 18.5 Å². The van der Waals surface area contributed by atoms with E-state index >= 15 is 0 Å². The van der Waals surface area contributed by atoms with Gasteiger partial charge in [-0.2, -0.15) is 0 Å². The maximum Gasteiger partial charge on any atom is 0.122 e. The Morgan fingerprint density at radius 1 is 1.07 bits per heavy atom. The number of aliphatic hydroxyl groups excluding tert-OH is 1. The van der Waals surface area contributed by atoms with E-state index in [1.54, 1.807) is 0 Å². The lowest BCUT2D eigenvalue weighted by molar-refractivity contribution is 0.0659. The number of benzene rings is 2. The molecule has 1 heterocycles. The normalized spacial score (nSPS) is 16.4. The molecule has 28 heavy (non-hydrogen) atoms. The van der Waals surface area contributed by atoms with Crippen LogP contribution < -0.4 is 9.64 Å². The van der Waals surface area contributed by atoms with Crippen molar-refractivity contribution in [2.75, 3.05) is 44.2 Å². The summed E-state index contributed by atoms with van der Waals surface area (Å²) in [7, 11) is 0. The lowest BCUT2D eigenvalue weighted by atomic mass is 10.0. The van der Waals surface area contributed by atoms with Gasteiger partial charge in [0, 0.05) is 43.4 Å². The summed E-state index contributed by atoms with van der Waals surface area (Å²) in [6.07, 6.45) is -0.500. The standard InChI is InChI=1S/C23H31ClN2O2/c1-17(2)21-6-4-5-7-23(21)28-16-20(27)15-25-10-12-26(13-11-25)22-14-19(24)9-8-18(22)3/h4-9,14,17,20,27H,10-13,15-16H2,1-3H3/t20-/m0/s1. The smallest absolute Gasteiger partial charge is 0.122 e. The lowest BCUT2D eigenvalue weighted by Gasteiger charge is -2.37. The first-order valence-electron chi connectivity index (χ1n) is 10.1. The molecule has 0 bridgehead atoms. The van der Waals surface area contributed by atoms with Gasteiger partial charge >= 0.3 is 0 Å². The van der Waals surface area contributed by atoms with E-state index in [9.17, 15) is 5.11 Å². The number of halogens is 1. The van der Waals surface area contributed by atoms with E-state index in [0.717, 1.165) is 37.0 Å². The number of anilines is 1. The van der Waals surface area contributed by atoms with Crippen LogP contribution in [0.3, 0.4) is 0 Å². The maximum absolute atomic E-state index is 10.5. The number of ether oxygens (including phenoxy) is 1. The number of piperazine rings is 1. The molecule has 1 saturated heterocycles. The summed E-state index contributed by atoms with van der Waals surface area (Å²) < 4.78 is 5.92. The van der Waals surface area contributed by atoms with Gasteiger partial charge < -0.3 is 14.7 Å². The fourth-order valence-electron chi connectivity index (χ4n) is 3.72. The number of β-amino-alcohol motifs (C(OH)–C–C–N with tert-alkyl or cyclic N) is 1. The number of nitrogens with zero attached hydrogens (tertiary/aromatic N) is 2. The Morgan fingerprint density at radius 2 is 1.79 bits per heavy atom. The largest absolute Gasteiger partial charge is 0.491 e. The second-order valence-corrected chi connectivity index (χ2v) is 8.31. The molecule has 2 aromatic rings. The van der Waals surface area contributed by atoms with Crippen LogP contribution in [0.2, 0.25) is 5.02 Å². The van der Waals surface area contributed by atoms with Crippen LogP contribution in [0.1, 0.15) is 30.9 Å². The summed E-state index contributed by atoms with van der Waals surface area (Å²) in [5.41, 5.74) is 3.64. The Kier molecular flexibility index (Phi) is 7.22. The Hall–Kier alpha value is -1.75. The zero-order chi connectivity index (χ0) is 20.1. The van der Waals surface area contributed by atoms with E-state index < -0.39 is 6.10 Å². The van der Waals surface area contributed by atoms with Crippen molar-refractivity contribution in [3.05, 3.63) is 58.6 Å². The average molecular weight is 403 g/mol. The molecule has 1 atom stereocenters. The van der Waals surface area contributed by atoms with Crippen LogP contribution in [0.25, 0.3) is 0 Å². The topological polar surface area (TPSA) is 35.9 Å². The molecule has 0 saturated carbocycles. The second kappa shape index (κ2) is 9.64. The first kappa shape index (κ1) is 21.0. The number of hydrogen-bond acceptors (Lipinski definition) is 4. The van der Waals surface area contributed by atoms with E-state index in [2.05, 4.69) is 42.7 Å². The molecule has 0 unspecified atom stereocenters. The Balaban J connectivity index is 1.48. The van der Waals surface area contributed by atoms with Crippen LogP contribution in [0.4, 0.5) is 5.69 Å². The molecule has 1 N–H and O–H groups in total. The van der Waals surface area contributed by atoms with E-state index in [4.69, 9.17) is 16.3 Å². The number of rotatable bonds is 7. The fourth-order valence-corrected chi connectivity index (χ4v) is 3.89.